The molecule has 2 rings (SSSR count). The number of benzene rings is 2. The van der Waals surface area contributed by atoms with E-state index in [4.69, 9.17) is 17.2 Å². The van der Waals surface area contributed by atoms with Crippen molar-refractivity contribution < 1.29 is 0 Å². The van der Waals surface area contributed by atoms with Crippen LogP contribution < -0.4 is 22.5 Å². The van der Waals surface area contributed by atoms with Crippen LogP contribution in [0.2, 0.25) is 0 Å². The molecule has 0 saturated carbocycles. The van der Waals surface area contributed by atoms with Crippen molar-refractivity contribution >= 4 is 33.0 Å². The molecule has 0 atom stereocenters. The zero-order chi connectivity index (χ0) is 17.9. The number of nitrogens with two attached hydrogens (primary N) is 3. The zero-order valence-electron chi connectivity index (χ0n) is 13.6. The van der Waals surface area contributed by atoms with Crippen molar-refractivity contribution in [3.05, 3.63) is 63.9 Å². The fourth-order valence-corrected chi connectivity index (χ4v) is 2.58. The van der Waals surface area contributed by atoms with E-state index in [0.717, 1.165) is 15.7 Å². The summed E-state index contributed by atoms with van der Waals surface area (Å²) in [6, 6.07) is 15.3. The molecule has 0 aliphatic carbocycles. The normalized spacial score (nSPS) is 10.8. The molecular weight excluding hydrogens is 366 g/mol. The topological polar surface area (TPSA) is 114 Å². The summed E-state index contributed by atoms with van der Waals surface area (Å²) >= 11 is 3.42. The van der Waals surface area contributed by atoms with Crippen molar-refractivity contribution in [1.29, 1.82) is 5.26 Å². The number of halogens is 1. The first kappa shape index (κ1) is 17.7. The van der Waals surface area contributed by atoms with Gasteiger partial charge in [-0.25, -0.2) is 0 Å². The summed E-state index contributed by atoms with van der Waals surface area (Å²) in [7, 11) is 0. The van der Waals surface area contributed by atoms with E-state index >= 15 is 0 Å². The van der Waals surface area contributed by atoms with Crippen LogP contribution in [0.15, 0.2) is 52.8 Å². The number of hydrogen-bond acceptors (Lipinski definition) is 5. The first-order valence-corrected chi connectivity index (χ1v) is 8.13. The molecule has 0 saturated heterocycles. The first-order valence-electron chi connectivity index (χ1n) is 7.34. The van der Waals surface area contributed by atoms with Gasteiger partial charge in [0.25, 0.3) is 0 Å². The Bertz CT molecular complexity index is 812. The molecule has 0 aromatic heterocycles. The highest BCUT2D eigenvalue weighted by molar-refractivity contribution is 9.10. The van der Waals surface area contributed by atoms with Gasteiger partial charge in [0, 0.05) is 21.4 Å². The summed E-state index contributed by atoms with van der Waals surface area (Å²) in [6.07, 6.45) is 0. The van der Waals surface area contributed by atoms with Crippen LogP contribution in [0.25, 0.3) is 5.70 Å². The Morgan fingerprint density at radius 1 is 1.12 bits per heavy atom. The van der Waals surface area contributed by atoms with Crippen molar-refractivity contribution in [3.8, 4) is 6.07 Å². The van der Waals surface area contributed by atoms with Gasteiger partial charge in [-0.3, -0.25) is 0 Å². The molecule has 0 heterocycles. The van der Waals surface area contributed by atoms with Crippen molar-refractivity contribution in [3.63, 3.8) is 0 Å². The summed E-state index contributed by atoms with van der Waals surface area (Å²) in [5, 5.41) is 12.4. The molecule has 2 aromatic carbocycles. The van der Waals surface area contributed by atoms with Gasteiger partial charge in [0.2, 0.25) is 0 Å². The highest BCUT2D eigenvalue weighted by Crippen LogP contribution is 2.29. The first-order chi connectivity index (χ1) is 11.2. The fraction of sp³-hybridized carbons (Fsp3) is 0.167. The van der Waals surface area contributed by atoms with E-state index in [-0.39, 0.29) is 5.82 Å². The number of nitrogen functional groups attached to an aromatic ring is 1. The SMILES string of the molecule is CC(C)(C#N)c1ccc(NC(=C(N)N)c2cc(Br)ccc2N)cc1. The molecule has 0 amide bonds. The minimum absolute atomic E-state index is 0.140. The Morgan fingerprint density at radius 2 is 1.75 bits per heavy atom. The molecule has 2 aromatic rings. The van der Waals surface area contributed by atoms with Crippen LogP contribution in [0, 0.1) is 11.3 Å². The van der Waals surface area contributed by atoms with Crippen LogP contribution in [0.4, 0.5) is 11.4 Å². The maximum atomic E-state index is 9.22. The van der Waals surface area contributed by atoms with E-state index in [0.29, 0.717) is 16.9 Å². The van der Waals surface area contributed by atoms with E-state index in [2.05, 4.69) is 27.3 Å². The molecule has 0 fully saturated rings. The average Bonchev–Trinajstić information content (AvgIpc) is 2.55. The second kappa shape index (κ2) is 6.85. The quantitative estimate of drug-likeness (QED) is 0.601. The smallest absolute Gasteiger partial charge is 0.118 e. The molecule has 0 radical (unpaired) electrons. The van der Waals surface area contributed by atoms with Crippen molar-refractivity contribution in [1.82, 2.24) is 0 Å². The third-order valence-corrected chi connectivity index (χ3v) is 4.22. The Hall–Kier alpha value is -2.65. The minimum Gasteiger partial charge on any atom is -0.398 e. The largest absolute Gasteiger partial charge is 0.398 e. The van der Waals surface area contributed by atoms with Crippen LogP contribution in [-0.2, 0) is 5.41 Å². The highest BCUT2D eigenvalue weighted by atomic mass is 79.9. The van der Waals surface area contributed by atoms with Gasteiger partial charge in [-0.05, 0) is 49.7 Å². The molecule has 7 N–H and O–H groups in total. The lowest BCUT2D eigenvalue weighted by Gasteiger charge is -2.18. The second-order valence-corrected chi connectivity index (χ2v) is 6.92. The van der Waals surface area contributed by atoms with Crippen molar-refractivity contribution in [2.45, 2.75) is 19.3 Å². The molecule has 0 spiro atoms. The molecule has 0 aliphatic rings. The van der Waals surface area contributed by atoms with Gasteiger partial charge in [0.1, 0.15) is 5.82 Å². The third kappa shape index (κ3) is 3.81. The number of anilines is 2. The average molecular weight is 386 g/mol. The van der Waals surface area contributed by atoms with Crippen LogP contribution >= 0.6 is 15.9 Å². The number of nitrogens with one attached hydrogen (secondary N) is 1. The van der Waals surface area contributed by atoms with Gasteiger partial charge < -0.3 is 22.5 Å². The van der Waals surface area contributed by atoms with Gasteiger partial charge in [-0.2, -0.15) is 5.26 Å². The number of nitrogens with zero attached hydrogens (tertiary/aromatic N) is 1. The van der Waals surface area contributed by atoms with Crippen molar-refractivity contribution in [2.75, 3.05) is 11.1 Å². The molecule has 0 bridgehead atoms. The summed E-state index contributed by atoms with van der Waals surface area (Å²) in [5.41, 5.74) is 20.7. The van der Waals surface area contributed by atoms with Gasteiger partial charge in [-0.15, -0.1) is 0 Å². The van der Waals surface area contributed by atoms with Crippen LogP contribution in [0.1, 0.15) is 25.0 Å². The van der Waals surface area contributed by atoms with E-state index in [1.807, 2.05) is 50.2 Å². The predicted molar refractivity (Wildman–Crippen MR) is 103 cm³/mol. The van der Waals surface area contributed by atoms with E-state index in [1.165, 1.54) is 0 Å². The fourth-order valence-electron chi connectivity index (χ4n) is 2.22. The lowest BCUT2D eigenvalue weighted by molar-refractivity contribution is 0.687. The van der Waals surface area contributed by atoms with E-state index < -0.39 is 5.41 Å². The Morgan fingerprint density at radius 3 is 2.29 bits per heavy atom. The summed E-state index contributed by atoms with van der Waals surface area (Å²) in [4.78, 5) is 0. The lowest BCUT2D eigenvalue weighted by atomic mass is 9.86. The minimum atomic E-state index is -0.543. The molecule has 124 valence electrons. The molecule has 24 heavy (non-hydrogen) atoms. The summed E-state index contributed by atoms with van der Waals surface area (Å²) < 4.78 is 0.873. The third-order valence-electron chi connectivity index (χ3n) is 3.73. The highest BCUT2D eigenvalue weighted by Gasteiger charge is 2.19. The Labute approximate surface area is 150 Å². The standard InChI is InChI=1S/C18H20BrN5/c1-18(2,10-20)11-3-6-13(7-4-11)24-16(17(22)23)14-9-12(19)5-8-15(14)21/h3-9,24H,21-23H2,1-2H3. The molecule has 6 heteroatoms. The zero-order valence-corrected chi connectivity index (χ0v) is 15.2. The number of rotatable bonds is 4. The second-order valence-electron chi connectivity index (χ2n) is 6.00. The lowest BCUT2D eigenvalue weighted by Crippen LogP contribution is -2.17. The Kier molecular flexibility index (Phi) is 5.05. The molecule has 0 aliphatic heterocycles. The Balaban J connectivity index is 2.35. The van der Waals surface area contributed by atoms with Crippen LogP contribution in [0.3, 0.4) is 0 Å². The number of hydrogen-bond donors (Lipinski definition) is 4. The van der Waals surface area contributed by atoms with E-state index in [9.17, 15) is 5.26 Å². The monoisotopic (exact) mass is 385 g/mol. The predicted octanol–water partition coefficient (Wildman–Crippen LogP) is 3.49. The van der Waals surface area contributed by atoms with Gasteiger partial charge >= 0.3 is 0 Å². The van der Waals surface area contributed by atoms with Crippen LogP contribution in [0.5, 0.6) is 0 Å². The van der Waals surface area contributed by atoms with Gasteiger partial charge in [0.15, 0.2) is 0 Å². The van der Waals surface area contributed by atoms with Crippen molar-refractivity contribution in [2.24, 2.45) is 11.5 Å². The van der Waals surface area contributed by atoms with Gasteiger partial charge in [-0.1, -0.05) is 28.1 Å². The molecule has 0 unspecified atom stereocenters. The van der Waals surface area contributed by atoms with Crippen LogP contribution in [-0.4, -0.2) is 0 Å². The van der Waals surface area contributed by atoms with E-state index in [1.54, 1.807) is 6.07 Å². The maximum absolute atomic E-state index is 9.22. The molecular formula is C18H20BrN5. The molecule has 5 nitrogen and oxygen atoms in total. The summed E-state index contributed by atoms with van der Waals surface area (Å²) in [6.45, 7) is 3.75. The van der Waals surface area contributed by atoms with Gasteiger partial charge in [0.05, 0.1) is 17.2 Å². The maximum Gasteiger partial charge on any atom is 0.118 e. The number of nitriles is 1. The summed E-state index contributed by atoms with van der Waals surface area (Å²) in [5.74, 6) is 0.140.